The molecule has 2 heterocycles. The third kappa shape index (κ3) is 10.8. The first-order chi connectivity index (χ1) is 25.3. The lowest BCUT2D eigenvalue weighted by Gasteiger charge is -2.40. The summed E-state index contributed by atoms with van der Waals surface area (Å²) >= 11 is 1.36. The summed E-state index contributed by atoms with van der Waals surface area (Å²) in [6, 6.07) is 3.47. The Bertz CT molecular complexity index is 1550. The lowest BCUT2D eigenvalue weighted by Crippen LogP contribution is -2.58. The number of primary amides is 1. The van der Waals surface area contributed by atoms with Gasteiger partial charge in [-0.15, -0.1) is 11.3 Å². The van der Waals surface area contributed by atoms with Crippen LogP contribution in [-0.4, -0.2) is 94.4 Å². The number of nitrogens with two attached hydrogens (primary N) is 1. The minimum atomic E-state index is -0.646. The van der Waals surface area contributed by atoms with E-state index < -0.39 is 24.0 Å². The number of likely N-dealkylation sites (tertiary alicyclic amines) is 1. The molecule has 1 aliphatic heterocycles. The fraction of sp³-hybridized carbons (Fsp3) is 0.675. The maximum absolute atomic E-state index is 14.6. The molecule has 2 aromatic rings. The van der Waals surface area contributed by atoms with Crippen molar-refractivity contribution in [1.82, 2.24) is 25.4 Å². The van der Waals surface area contributed by atoms with Gasteiger partial charge in [0.1, 0.15) is 28.6 Å². The Hall–Kier alpha value is -3.55. The summed E-state index contributed by atoms with van der Waals surface area (Å²) in [4.78, 5) is 62.9. The highest BCUT2D eigenvalue weighted by Gasteiger charge is 2.38. The molecule has 2 aliphatic rings. The van der Waals surface area contributed by atoms with Crippen LogP contribution in [0.25, 0.3) is 0 Å². The van der Waals surface area contributed by atoms with Gasteiger partial charge in [-0.05, 0) is 87.2 Å². The highest BCUT2D eigenvalue weighted by molar-refractivity contribution is 7.09. The average molecular weight is 755 g/mol. The first-order valence-electron chi connectivity index (χ1n) is 19.6. The number of phenols is 1. The van der Waals surface area contributed by atoms with E-state index in [0.717, 1.165) is 50.6 Å². The van der Waals surface area contributed by atoms with Crippen LogP contribution in [0, 0.1) is 11.8 Å². The zero-order valence-corrected chi connectivity index (χ0v) is 33.5. The number of likely N-dealkylation sites (N-methyl/N-ethyl adjacent to an activating group) is 1. The van der Waals surface area contributed by atoms with E-state index in [4.69, 9.17) is 15.5 Å². The number of fused-ring (bicyclic) bond motifs is 1. The Balaban J connectivity index is 1.54. The summed E-state index contributed by atoms with van der Waals surface area (Å²) in [5.74, 6) is -1.54. The number of piperidine rings is 1. The van der Waals surface area contributed by atoms with Gasteiger partial charge in [0.2, 0.25) is 17.7 Å². The Morgan fingerprint density at radius 2 is 1.89 bits per heavy atom. The molecule has 12 nitrogen and oxygen atoms in total. The molecule has 0 radical (unpaired) electrons. The number of phenolic OH excluding ortho intramolecular Hbond substituents is 1. The van der Waals surface area contributed by atoms with E-state index in [2.05, 4.69) is 36.3 Å². The lowest BCUT2D eigenvalue weighted by atomic mass is 9.79. The van der Waals surface area contributed by atoms with E-state index in [9.17, 15) is 24.3 Å². The Kier molecular flexibility index (Phi) is 15.7. The van der Waals surface area contributed by atoms with Gasteiger partial charge in [-0.1, -0.05) is 60.5 Å². The van der Waals surface area contributed by atoms with Gasteiger partial charge in [0.15, 0.2) is 0 Å². The van der Waals surface area contributed by atoms with Crippen LogP contribution in [0.4, 0.5) is 0 Å². The summed E-state index contributed by atoms with van der Waals surface area (Å²) < 4.78 is 6.41. The molecule has 1 fully saturated rings. The van der Waals surface area contributed by atoms with Crippen LogP contribution >= 0.6 is 11.3 Å². The van der Waals surface area contributed by atoms with E-state index in [1.807, 2.05) is 32.7 Å². The molecule has 294 valence electrons. The SMILES string of the molecule is CCCO[C@H](C[C@H](C(C)C)N(CCC)C(=O)[C@@H](NC(=O)[C@H]1CCCCN1C)[C@@H](C)CC)c1nc(C(=O)N[C@H]2Cc3ccc(O)cc3[C@H](C(N)=O)C2)cs1. The van der Waals surface area contributed by atoms with Crippen LogP contribution in [0.1, 0.15) is 132 Å². The summed E-state index contributed by atoms with van der Waals surface area (Å²) in [5, 5.41) is 18.6. The van der Waals surface area contributed by atoms with Crippen LogP contribution in [0.3, 0.4) is 0 Å². The van der Waals surface area contributed by atoms with Gasteiger partial charge in [-0.25, -0.2) is 4.98 Å². The van der Waals surface area contributed by atoms with Crippen molar-refractivity contribution >= 4 is 35.0 Å². The molecule has 1 aliphatic carbocycles. The number of carbonyl (C=O) groups excluding carboxylic acids is 4. The van der Waals surface area contributed by atoms with Gasteiger partial charge in [-0.2, -0.15) is 0 Å². The predicted molar refractivity (Wildman–Crippen MR) is 208 cm³/mol. The number of nitrogens with one attached hydrogen (secondary N) is 2. The topological polar surface area (TPSA) is 167 Å². The average Bonchev–Trinajstić information content (AvgIpc) is 3.63. The van der Waals surface area contributed by atoms with Crippen molar-refractivity contribution in [2.75, 3.05) is 26.7 Å². The van der Waals surface area contributed by atoms with Gasteiger partial charge < -0.3 is 31.1 Å². The highest BCUT2D eigenvalue weighted by atomic mass is 32.1. The summed E-state index contributed by atoms with van der Waals surface area (Å²) in [6.07, 6.45) is 6.00. The molecule has 0 spiro atoms. The second-order valence-electron chi connectivity index (χ2n) is 15.3. The van der Waals surface area contributed by atoms with E-state index in [0.29, 0.717) is 43.0 Å². The minimum absolute atomic E-state index is 0.0530. The molecule has 0 bridgehead atoms. The molecular weight excluding hydrogens is 693 g/mol. The minimum Gasteiger partial charge on any atom is -0.508 e. The number of hydrogen-bond acceptors (Lipinski definition) is 9. The second-order valence-corrected chi connectivity index (χ2v) is 16.2. The first-order valence-corrected chi connectivity index (χ1v) is 20.5. The molecule has 7 atom stereocenters. The quantitative estimate of drug-likeness (QED) is 0.159. The van der Waals surface area contributed by atoms with Crippen LogP contribution in [-0.2, 0) is 25.5 Å². The molecule has 0 unspecified atom stereocenters. The number of amides is 4. The first kappa shape index (κ1) is 42.2. The van der Waals surface area contributed by atoms with Gasteiger partial charge in [0, 0.05) is 37.0 Å². The van der Waals surface area contributed by atoms with Crippen molar-refractivity contribution in [2.45, 2.75) is 136 Å². The molecule has 4 rings (SSSR count). The van der Waals surface area contributed by atoms with Gasteiger partial charge in [0.25, 0.3) is 5.91 Å². The van der Waals surface area contributed by atoms with Crippen molar-refractivity contribution in [3.05, 3.63) is 45.4 Å². The van der Waals surface area contributed by atoms with E-state index in [-0.39, 0.29) is 59.1 Å². The molecule has 4 amide bonds. The summed E-state index contributed by atoms with van der Waals surface area (Å²) in [6.45, 7) is 14.3. The fourth-order valence-electron chi connectivity index (χ4n) is 7.71. The molecule has 53 heavy (non-hydrogen) atoms. The van der Waals surface area contributed by atoms with E-state index >= 15 is 0 Å². The van der Waals surface area contributed by atoms with Crippen LogP contribution in [0.5, 0.6) is 5.75 Å². The van der Waals surface area contributed by atoms with Crippen LogP contribution in [0.2, 0.25) is 0 Å². The maximum Gasteiger partial charge on any atom is 0.270 e. The van der Waals surface area contributed by atoms with Crippen molar-refractivity contribution in [2.24, 2.45) is 17.6 Å². The molecule has 0 saturated carbocycles. The number of nitrogens with zero attached hydrogens (tertiary/aromatic N) is 3. The fourth-order valence-corrected chi connectivity index (χ4v) is 8.57. The van der Waals surface area contributed by atoms with Gasteiger partial charge >= 0.3 is 0 Å². The molecule has 5 N–H and O–H groups in total. The molecule has 1 aromatic heterocycles. The number of benzene rings is 1. The van der Waals surface area contributed by atoms with Crippen molar-refractivity contribution < 1.29 is 29.0 Å². The highest BCUT2D eigenvalue weighted by Crippen LogP contribution is 2.35. The van der Waals surface area contributed by atoms with Crippen LogP contribution in [0.15, 0.2) is 23.6 Å². The molecular formula is C40H62N6O6S. The molecule has 13 heteroatoms. The summed E-state index contributed by atoms with van der Waals surface area (Å²) in [7, 11) is 1.98. The van der Waals surface area contributed by atoms with Gasteiger partial charge in [-0.3, -0.25) is 24.1 Å². The number of hydrogen-bond donors (Lipinski definition) is 4. The van der Waals surface area contributed by atoms with Crippen molar-refractivity contribution in [3.8, 4) is 5.75 Å². The monoisotopic (exact) mass is 754 g/mol. The normalized spacial score (nSPS) is 21.2. The third-order valence-corrected chi connectivity index (χ3v) is 11.9. The van der Waals surface area contributed by atoms with Crippen molar-refractivity contribution in [1.29, 1.82) is 0 Å². The maximum atomic E-state index is 14.6. The summed E-state index contributed by atoms with van der Waals surface area (Å²) in [5.41, 5.74) is 7.54. The zero-order valence-electron chi connectivity index (χ0n) is 32.7. The molecule has 1 aromatic carbocycles. The van der Waals surface area contributed by atoms with E-state index in [1.165, 1.54) is 11.3 Å². The van der Waals surface area contributed by atoms with Gasteiger partial charge in [0.05, 0.1) is 12.0 Å². The lowest BCUT2D eigenvalue weighted by molar-refractivity contribution is -0.143. The van der Waals surface area contributed by atoms with Crippen LogP contribution < -0.4 is 16.4 Å². The third-order valence-electron chi connectivity index (χ3n) is 10.9. The number of aromatic hydroxyl groups is 1. The standard InChI is InChI=1S/C40H62N6O6S/c1-8-16-46(40(51)35(25(6)10-3)44-38(50)32-13-11-12-17-45(32)7)33(24(4)5)22-34(52-18-9-2)39-43-31(23-53-39)37(49)42-27-19-26-14-15-28(47)21-29(26)30(20-27)36(41)48/h14-15,21,23-25,27,30,32-35,47H,8-13,16-20,22H2,1-7H3,(H2,41,48)(H,42,49)(H,44,50)/t25-,27-,30+,32+,33+,34+,35-/m0/s1. The predicted octanol–water partition coefficient (Wildman–Crippen LogP) is 5.30. The number of rotatable bonds is 18. The number of thiazole rings is 1. The Morgan fingerprint density at radius 1 is 1.13 bits per heavy atom. The molecule has 1 saturated heterocycles. The Labute approximate surface area is 319 Å². The largest absolute Gasteiger partial charge is 0.508 e. The number of ether oxygens (including phenoxy) is 1. The van der Waals surface area contributed by atoms with Crippen molar-refractivity contribution in [3.63, 3.8) is 0 Å². The zero-order chi connectivity index (χ0) is 38.8. The second kappa shape index (κ2) is 19.7. The smallest absolute Gasteiger partial charge is 0.270 e. The Morgan fingerprint density at radius 3 is 2.53 bits per heavy atom. The van der Waals surface area contributed by atoms with E-state index in [1.54, 1.807) is 23.6 Å². The number of carbonyl (C=O) groups is 4. The number of aromatic nitrogens is 1.